The summed E-state index contributed by atoms with van der Waals surface area (Å²) in [4.78, 5) is 19.8. The number of aromatic nitrogens is 2. The van der Waals surface area contributed by atoms with Gasteiger partial charge in [-0.2, -0.15) is 8.78 Å². The molecule has 3 aliphatic rings. The first-order valence-electron chi connectivity index (χ1n) is 12.1. The summed E-state index contributed by atoms with van der Waals surface area (Å²) in [5.74, 6) is 1.50. The molecule has 2 bridgehead atoms. The Morgan fingerprint density at radius 3 is 2.78 bits per heavy atom. The first-order chi connectivity index (χ1) is 17.5. The number of hydrogen-bond donors (Lipinski definition) is 0. The van der Waals surface area contributed by atoms with Crippen molar-refractivity contribution in [2.24, 2.45) is 0 Å². The molecule has 1 amide bonds. The lowest BCUT2D eigenvalue weighted by molar-refractivity contribution is -0.0507. The molecule has 3 aliphatic heterocycles. The van der Waals surface area contributed by atoms with Crippen LogP contribution in [-0.4, -0.2) is 40.6 Å². The summed E-state index contributed by atoms with van der Waals surface area (Å²) >= 11 is 0. The van der Waals surface area contributed by atoms with Crippen molar-refractivity contribution in [2.45, 2.75) is 38.0 Å². The van der Waals surface area contributed by atoms with E-state index in [1.165, 1.54) is 11.6 Å². The minimum absolute atomic E-state index is 0.0348. The van der Waals surface area contributed by atoms with E-state index < -0.39 is 6.61 Å². The Kier molecular flexibility index (Phi) is 4.61. The largest absolute Gasteiger partial charge is 0.493 e. The van der Waals surface area contributed by atoms with E-state index in [0.29, 0.717) is 17.5 Å². The van der Waals surface area contributed by atoms with E-state index in [1.54, 1.807) is 24.1 Å². The lowest BCUT2D eigenvalue weighted by atomic mass is 9.97. The molecule has 1 aromatic heterocycles. The first kappa shape index (κ1) is 21.4. The van der Waals surface area contributed by atoms with Gasteiger partial charge in [-0.05, 0) is 59.9 Å². The third-order valence-electron chi connectivity index (χ3n) is 7.66. The molecule has 0 unspecified atom stereocenters. The third kappa shape index (κ3) is 3.06. The van der Waals surface area contributed by atoms with Crippen LogP contribution in [0.3, 0.4) is 0 Å². The molecule has 4 aromatic rings. The summed E-state index contributed by atoms with van der Waals surface area (Å²) in [5, 5.41) is 0. The fourth-order valence-corrected chi connectivity index (χ4v) is 5.98. The molecule has 7 rings (SSSR count). The van der Waals surface area contributed by atoms with E-state index in [1.807, 2.05) is 12.1 Å². The number of aryl methyl sites for hydroxylation is 1. The Morgan fingerprint density at radius 2 is 1.92 bits per heavy atom. The van der Waals surface area contributed by atoms with Gasteiger partial charge in [0.2, 0.25) is 0 Å². The Bertz CT molecular complexity index is 1550. The Labute approximate surface area is 206 Å². The van der Waals surface area contributed by atoms with Crippen molar-refractivity contribution in [1.82, 2.24) is 14.5 Å². The van der Waals surface area contributed by atoms with E-state index in [2.05, 4.69) is 28.8 Å². The summed E-state index contributed by atoms with van der Waals surface area (Å²) < 4.78 is 39.5. The van der Waals surface area contributed by atoms with Crippen LogP contribution >= 0.6 is 0 Å². The van der Waals surface area contributed by atoms with Crippen LogP contribution in [0.25, 0.3) is 22.2 Å². The van der Waals surface area contributed by atoms with Gasteiger partial charge in [-0.1, -0.05) is 24.3 Å². The average molecular weight is 488 g/mol. The van der Waals surface area contributed by atoms with Crippen LogP contribution in [-0.2, 0) is 6.42 Å². The number of rotatable bonds is 3. The Balaban J connectivity index is 1.41. The highest BCUT2D eigenvalue weighted by Crippen LogP contribution is 2.50. The molecular formula is C28H23F2N3O3. The number of amides is 1. The molecule has 0 aliphatic carbocycles. The van der Waals surface area contributed by atoms with Gasteiger partial charge in [0.15, 0.2) is 0 Å². The molecule has 4 heterocycles. The van der Waals surface area contributed by atoms with Crippen LogP contribution in [0.4, 0.5) is 8.78 Å². The summed E-state index contributed by atoms with van der Waals surface area (Å²) in [6.07, 6.45) is 2.59. The Hall–Kier alpha value is -3.94. The van der Waals surface area contributed by atoms with Gasteiger partial charge < -0.3 is 18.9 Å². The van der Waals surface area contributed by atoms with Gasteiger partial charge in [0, 0.05) is 24.6 Å². The highest BCUT2D eigenvalue weighted by molar-refractivity contribution is 5.98. The lowest BCUT2D eigenvalue weighted by Gasteiger charge is -2.24. The highest BCUT2D eigenvalue weighted by atomic mass is 19.3. The molecule has 36 heavy (non-hydrogen) atoms. The van der Waals surface area contributed by atoms with Crippen LogP contribution in [0.5, 0.6) is 11.5 Å². The Morgan fingerprint density at radius 1 is 1.08 bits per heavy atom. The fourth-order valence-electron chi connectivity index (χ4n) is 5.98. The summed E-state index contributed by atoms with van der Waals surface area (Å²) in [6.45, 7) is -2.26. The van der Waals surface area contributed by atoms with Crippen molar-refractivity contribution in [1.29, 1.82) is 0 Å². The fraction of sp³-hybridized carbons (Fsp3) is 0.286. The number of hydrogen-bond acceptors (Lipinski definition) is 4. The smallest absolute Gasteiger partial charge is 0.387 e. The van der Waals surface area contributed by atoms with E-state index in [0.717, 1.165) is 53.2 Å². The molecule has 0 fully saturated rings. The zero-order valence-corrected chi connectivity index (χ0v) is 19.6. The van der Waals surface area contributed by atoms with Crippen LogP contribution in [0.2, 0.25) is 0 Å². The van der Waals surface area contributed by atoms with Crippen molar-refractivity contribution in [2.75, 3.05) is 13.7 Å². The molecule has 2 atom stereocenters. The number of carbonyl (C=O) groups excluding carboxylic acids is 1. The maximum absolute atomic E-state index is 13.3. The van der Waals surface area contributed by atoms with Gasteiger partial charge >= 0.3 is 6.61 Å². The van der Waals surface area contributed by atoms with Gasteiger partial charge in [0.05, 0.1) is 29.7 Å². The second kappa shape index (κ2) is 7.78. The number of benzene rings is 3. The molecule has 0 N–H and O–H groups in total. The van der Waals surface area contributed by atoms with Crippen LogP contribution < -0.4 is 9.47 Å². The monoisotopic (exact) mass is 487 g/mol. The number of ether oxygens (including phenoxy) is 2. The topological polar surface area (TPSA) is 56.6 Å². The zero-order valence-electron chi connectivity index (χ0n) is 19.6. The summed E-state index contributed by atoms with van der Waals surface area (Å²) in [7, 11) is 1.74. The number of imidazole rings is 1. The van der Waals surface area contributed by atoms with E-state index in [4.69, 9.17) is 14.5 Å². The van der Waals surface area contributed by atoms with E-state index in [-0.39, 0.29) is 23.7 Å². The predicted molar refractivity (Wildman–Crippen MR) is 130 cm³/mol. The van der Waals surface area contributed by atoms with Crippen molar-refractivity contribution in [3.63, 3.8) is 0 Å². The van der Waals surface area contributed by atoms with E-state index >= 15 is 0 Å². The second-order valence-corrected chi connectivity index (χ2v) is 9.60. The first-order valence-corrected chi connectivity index (χ1v) is 12.1. The molecule has 0 spiro atoms. The van der Waals surface area contributed by atoms with Crippen molar-refractivity contribution in [3.05, 3.63) is 77.1 Å². The number of alkyl halides is 2. The van der Waals surface area contributed by atoms with Gasteiger partial charge in [0.1, 0.15) is 17.3 Å². The van der Waals surface area contributed by atoms with E-state index in [9.17, 15) is 13.6 Å². The van der Waals surface area contributed by atoms with Crippen molar-refractivity contribution >= 4 is 16.9 Å². The molecular weight excluding hydrogens is 464 g/mol. The van der Waals surface area contributed by atoms with Gasteiger partial charge in [-0.3, -0.25) is 4.79 Å². The van der Waals surface area contributed by atoms with Crippen LogP contribution in [0.15, 0.2) is 54.6 Å². The average Bonchev–Trinajstić information content (AvgIpc) is 3.41. The third-order valence-corrected chi connectivity index (χ3v) is 7.66. The minimum Gasteiger partial charge on any atom is -0.493 e. The summed E-state index contributed by atoms with van der Waals surface area (Å²) in [5.41, 5.74) is 5.85. The summed E-state index contributed by atoms with van der Waals surface area (Å²) in [6, 6.07) is 16.6. The van der Waals surface area contributed by atoms with Crippen molar-refractivity contribution < 1.29 is 23.0 Å². The molecule has 3 aromatic carbocycles. The lowest BCUT2D eigenvalue weighted by Crippen LogP contribution is -2.30. The molecule has 0 radical (unpaired) electrons. The molecule has 8 heteroatoms. The number of fused-ring (bicyclic) bond motifs is 10. The van der Waals surface area contributed by atoms with Crippen LogP contribution in [0.1, 0.15) is 52.2 Å². The number of nitrogens with zero attached hydrogens (tertiary/aromatic N) is 3. The molecule has 6 nitrogen and oxygen atoms in total. The zero-order chi connectivity index (χ0) is 24.6. The highest BCUT2D eigenvalue weighted by Gasteiger charge is 2.45. The van der Waals surface area contributed by atoms with Crippen LogP contribution in [0, 0.1) is 0 Å². The molecule has 0 saturated heterocycles. The van der Waals surface area contributed by atoms with Gasteiger partial charge in [-0.15, -0.1) is 0 Å². The molecule has 0 saturated carbocycles. The van der Waals surface area contributed by atoms with Crippen molar-refractivity contribution in [3.8, 4) is 22.6 Å². The van der Waals surface area contributed by atoms with Gasteiger partial charge in [0.25, 0.3) is 5.91 Å². The minimum atomic E-state index is -2.98. The molecule has 182 valence electrons. The SMILES string of the molecule is CN1C(=O)c2cccc(OC(F)F)c2[C@H]2C[C@@H]1c1nc3ccc(-c4ccc5c(c4)OCCC5)cc3n12. The second-order valence-electron chi connectivity index (χ2n) is 9.60. The predicted octanol–water partition coefficient (Wildman–Crippen LogP) is 5.75. The standard InChI is InChI=1S/C28H23F2N3O3/c1-32-22-14-21(25-18(27(32)34)5-2-6-23(25)36-28(29)30)33-20-12-16(9-10-19(20)31-26(22)33)17-8-7-15-4-3-11-35-24(15)13-17/h2,5-10,12-13,21-22,28H,3-4,11,14H2,1H3/t21-,22-/m1/s1. The maximum Gasteiger partial charge on any atom is 0.387 e. The number of halogens is 2. The maximum atomic E-state index is 13.3. The number of carbonyl (C=O) groups is 1. The van der Waals surface area contributed by atoms with Gasteiger partial charge in [-0.25, -0.2) is 4.98 Å². The quantitative estimate of drug-likeness (QED) is 0.369. The normalized spacial score (nSPS) is 20.1.